The zero-order valence-corrected chi connectivity index (χ0v) is 15.4. The van der Waals surface area contributed by atoms with Gasteiger partial charge in [0.2, 0.25) is 15.9 Å². The van der Waals surface area contributed by atoms with Gasteiger partial charge in [0.1, 0.15) is 6.04 Å². The normalized spacial score (nSPS) is 27.7. The number of likely N-dealkylation sites (N-methyl/N-ethyl adjacent to an activating group) is 1. The molecule has 3 atom stereocenters. The van der Waals surface area contributed by atoms with Crippen LogP contribution in [0.25, 0.3) is 0 Å². The van der Waals surface area contributed by atoms with Gasteiger partial charge in [-0.3, -0.25) is 4.79 Å². The van der Waals surface area contributed by atoms with Gasteiger partial charge in [0.15, 0.2) is 0 Å². The first-order valence-corrected chi connectivity index (χ1v) is 10.1. The second kappa shape index (κ2) is 6.48. The van der Waals surface area contributed by atoms with E-state index in [9.17, 15) is 13.2 Å². The zero-order valence-electron chi connectivity index (χ0n) is 14.6. The fraction of sp³-hybridized carbons (Fsp3) is 0.611. The first-order chi connectivity index (χ1) is 11.3. The molecule has 1 aromatic carbocycles. The lowest BCUT2D eigenvalue weighted by Gasteiger charge is -2.21. The number of sulfonamides is 1. The number of carbonyl (C=O) groups excluding carboxylic acids is 1. The van der Waals surface area contributed by atoms with Gasteiger partial charge in [-0.15, -0.1) is 0 Å². The topological polar surface area (TPSA) is 57.5 Å². The Bertz CT molecular complexity index is 706. The van der Waals surface area contributed by atoms with Crippen LogP contribution in [0.15, 0.2) is 29.2 Å². The van der Waals surface area contributed by atoms with Gasteiger partial charge in [-0.25, -0.2) is 8.42 Å². The molecule has 3 rings (SSSR count). The van der Waals surface area contributed by atoms with E-state index in [2.05, 4.69) is 0 Å². The van der Waals surface area contributed by atoms with E-state index in [4.69, 9.17) is 0 Å². The average Bonchev–Trinajstić information content (AvgIpc) is 3.31. The molecule has 1 aliphatic heterocycles. The predicted octanol–water partition coefficient (Wildman–Crippen LogP) is 2.41. The van der Waals surface area contributed by atoms with Crippen LogP contribution in [0.5, 0.6) is 0 Å². The fourth-order valence-corrected chi connectivity index (χ4v) is 5.62. The molecule has 0 aromatic heterocycles. The molecule has 1 unspecified atom stereocenters. The Labute approximate surface area is 144 Å². The highest BCUT2D eigenvalue weighted by molar-refractivity contribution is 7.89. The molecule has 0 radical (unpaired) electrons. The highest BCUT2D eigenvalue weighted by Gasteiger charge is 2.62. The molecule has 0 N–H and O–H groups in total. The van der Waals surface area contributed by atoms with E-state index in [1.54, 1.807) is 38.4 Å². The molecule has 132 valence electrons. The fourth-order valence-electron chi connectivity index (χ4n) is 3.83. The largest absolute Gasteiger partial charge is 0.347 e. The third-order valence-corrected chi connectivity index (χ3v) is 7.12. The predicted molar refractivity (Wildman–Crippen MR) is 93.0 cm³/mol. The van der Waals surface area contributed by atoms with Crippen molar-refractivity contribution in [2.45, 2.75) is 56.0 Å². The number of hydrogen-bond donors (Lipinski definition) is 0. The van der Waals surface area contributed by atoms with Crippen LogP contribution in [-0.4, -0.2) is 49.7 Å². The number of aryl methyl sites for hydroxylation is 1. The molecule has 1 saturated carbocycles. The van der Waals surface area contributed by atoms with Crippen LogP contribution >= 0.6 is 0 Å². The number of benzene rings is 1. The highest BCUT2D eigenvalue weighted by Crippen LogP contribution is 2.45. The van der Waals surface area contributed by atoms with E-state index in [0.717, 1.165) is 31.2 Å². The molecule has 24 heavy (non-hydrogen) atoms. The van der Waals surface area contributed by atoms with Crippen LogP contribution in [0.2, 0.25) is 0 Å². The van der Waals surface area contributed by atoms with Crippen molar-refractivity contribution in [1.82, 2.24) is 9.21 Å². The Morgan fingerprint density at radius 2 is 1.67 bits per heavy atom. The molecule has 1 aliphatic carbocycles. The van der Waals surface area contributed by atoms with E-state index >= 15 is 0 Å². The summed E-state index contributed by atoms with van der Waals surface area (Å²) in [4.78, 5) is 14.3. The van der Waals surface area contributed by atoms with Crippen molar-refractivity contribution < 1.29 is 13.2 Å². The molecule has 1 amide bonds. The molecule has 6 heteroatoms. The third-order valence-electron chi connectivity index (χ3n) is 5.22. The van der Waals surface area contributed by atoms with Crippen LogP contribution < -0.4 is 0 Å². The van der Waals surface area contributed by atoms with Gasteiger partial charge in [0.25, 0.3) is 0 Å². The van der Waals surface area contributed by atoms with Crippen molar-refractivity contribution in [2.24, 2.45) is 5.92 Å². The highest BCUT2D eigenvalue weighted by atomic mass is 32.2. The van der Waals surface area contributed by atoms with E-state index in [1.165, 1.54) is 15.6 Å². The summed E-state index contributed by atoms with van der Waals surface area (Å²) in [6.07, 6.45) is 5.49. The summed E-state index contributed by atoms with van der Waals surface area (Å²) in [6.45, 7) is 1.93. The maximum absolute atomic E-state index is 13.1. The van der Waals surface area contributed by atoms with Gasteiger partial charge in [-0.05, 0) is 37.8 Å². The Kier molecular flexibility index (Phi) is 4.71. The maximum Gasteiger partial charge on any atom is 0.244 e. The summed E-state index contributed by atoms with van der Waals surface area (Å²) in [7, 11) is -0.243. The minimum atomic E-state index is -3.62. The monoisotopic (exact) mass is 350 g/mol. The molecular weight excluding hydrogens is 324 g/mol. The molecule has 1 heterocycles. The average molecular weight is 350 g/mol. The molecular formula is C18H26N2O3S. The van der Waals surface area contributed by atoms with E-state index < -0.39 is 16.1 Å². The number of amides is 1. The first-order valence-electron chi connectivity index (χ1n) is 8.65. The first kappa shape index (κ1) is 17.4. The van der Waals surface area contributed by atoms with Crippen LogP contribution in [0, 0.1) is 12.8 Å². The molecule has 1 saturated heterocycles. The van der Waals surface area contributed by atoms with Crippen LogP contribution in [0.4, 0.5) is 0 Å². The molecule has 0 spiro atoms. The lowest BCUT2D eigenvalue weighted by Crippen LogP contribution is -2.30. The number of hydrogen-bond acceptors (Lipinski definition) is 3. The van der Waals surface area contributed by atoms with Gasteiger partial charge < -0.3 is 4.90 Å². The lowest BCUT2D eigenvalue weighted by atomic mass is 9.85. The van der Waals surface area contributed by atoms with Crippen molar-refractivity contribution >= 4 is 15.9 Å². The van der Waals surface area contributed by atoms with Gasteiger partial charge in [-0.1, -0.05) is 37.0 Å². The van der Waals surface area contributed by atoms with Crippen LogP contribution in [-0.2, 0) is 14.8 Å². The van der Waals surface area contributed by atoms with Gasteiger partial charge in [0.05, 0.1) is 10.9 Å². The number of carbonyl (C=O) groups is 1. The summed E-state index contributed by atoms with van der Waals surface area (Å²) in [6, 6.07) is 6.17. The van der Waals surface area contributed by atoms with Crippen molar-refractivity contribution in [3.05, 3.63) is 29.8 Å². The van der Waals surface area contributed by atoms with Crippen molar-refractivity contribution in [3.63, 3.8) is 0 Å². The summed E-state index contributed by atoms with van der Waals surface area (Å²) in [5.41, 5.74) is 1.02. The minimum absolute atomic E-state index is 0.110. The number of rotatable bonds is 4. The van der Waals surface area contributed by atoms with Gasteiger partial charge in [-0.2, -0.15) is 4.31 Å². The smallest absolute Gasteiger partial charge is 0.244 e. The van der Waals surface area contributed by atoms with Crippen LogP contribution in [0.1, 0.15) is 37.7 Å². The van der Waals surface area contributed by atoms with Gasteiger partial charge >= 0.3 is 0 Å². The lowest BCUT2D eigenvalue weighted by molar-refractivity contribution is -0.128. The quantitative estimate of drug-likeness (QED) is 0.784. The van der Waals surface area contributed by atoms with Crippen molar-refractivity contribution in [3.8, 4) is 0 Å². The molecule has 2 fully saturated rings. The van der Waals surface area contributed by atoms with E-state index in [1.807, 2.05) is 6.92 Å². The summed E-state index contributed by atoms with van der Waals surface area (Å²) in [5.74, 6) is 0.189. The Hall–Kier alpha value is -1.40. The second-order valence-electron chi connectivity index (χ2n) is 7.21. The summed E-state index contributed by atoms with van der Waals surface area (Å²) >= 11 is 0. The molecule has 0 bridgehead atoms. The van der Waals surface area contributed by atoms with E-state index in [-0.39, 0.29) is 16.8 Å². The maximum atomic E-state index is 13.1. The Morgan fingerprint density at radius 3 is 2.21 bits per heavy atom. The van der Waals surface area contributed by atoms with Gasteiger partial charge in [0, 0.05) is 14.1 Å². The second-order valence-corrected chi connectivity index (χ2v) is 9.06. The standard InChI is InChI=1S/C18H26N2O3S/c1-13-9-11-15(12-10-13)24(22,23)20-16(14-7-5-4-6-8-14)17(20)18(21)19(2)3/h9-12,14,16-17H,4-8H2,1-3H3/t16-,17+,20?/m1/s1. The summed E-state index contributed by atoms with van der Waals surface area (Å²) in [5, 5.41) is 0. The SMILES string of the molecule is Cc1ccc(S(=O)(=O)N2[C@H](C(=O)N(C)C)[C@H]2C2CCCCC2)cc1. The Morgan fingerprint density at radius 1 is 1.08 bits per heavy atom. The number of nitrogens with zero attached hydrogens (tertiary/aromatic N) is 2. The molecule has 5 nitrogen and oxygen atoms in total. The van der Waals surface area contributed by atoms with Crippen molar-refractivity contribution in [2.75, 3.05) is 14.1 Å². The summed E-state index contributed by atoms with van der Waals surface area (Å²) < 4.78 is 27.6. The Balaban J connectivity index is 1.90. The third kappa shape index (κ3) is 3.09. The van der Waals surface area contributed by atoms with Crippen LogP contribution in [0.3, 0.4) is 0 Å². The van der Waals surface area contributed by atoms with E-state index in [0.29, 0.717) is 5.92 Å². The molecule has 1 aromatic rings. The van der Waals surface area contributed by atoms with Crippen molar-refractivity contribution in [1.29, 1.82) is 0 Å². The minimum Gasteiger partial charge on any atom is -0.347 e. The molecule has 2 aliphatic rings. The zero-order chi connectivity index (χ0) is 17.5.